The van der Waals surface area contributed by atoms with Crippen molar-refractivity contribution >= 4 is 104 Å². The van der Waals surface area contributed by atoms with Gasteiger partial charge in [-0.3, -0.25) is 14.4 Å². The fourth-order valence-corrected chi connectivity index (χ4v) is 8.19. The zero-order valence-corrected chi connectivity index (χ0v) is 41.7. The summed E-state index contributed by atoms with van der Waals surface area (Å²) in [6.07, 6.45) is 6.54. The third kappa shape index (κ3) is 21.5. The molecule has 6 N–H and O–H groups in total. The highest BCUT2D eigenvalue weighted by atomic mass is 79.9. The first kappa shape index (κ1) is 54.4. The Kier molecular flexibility index (Phi) is 23.1. The summed E-state index contributed by atoms with van der Waals surface area (Å²) in [4.78, 5) is 73.8. The van der Waals surface area contributed by atoms with Crippen LogP contribution in [0.15, 0.2) is 42.4 Å². The average molecular weight is 980 g/mol. The molecule has 0 fully saturated rings. The second-order valence-corrected chi connectivity index (χ2v) is 19.9. The van der Waals surface area contributed by atoms with Crippen LogP contribution >= 0.6 is 38.6 Å². The minimum atomic E-state index is -0.530. The second-order valence-electron chi connectivity index (χ2n) is 16.4. The number of nitrogens with zero attached hydrogens (tertiary/aromatic N) is 4. The number of halogens is 1. The predicted octanol–water partition coefficient (Wildman–Crippen LogP) is 8.69. The molecule has 63 heavy (non-hydrogen) atoms. The zero-order valence-electron chi connectivity index (χ0n) is 38.5. The molecule has 0 bridgehead atoms. The Morgan fingerprint density at radius 1 is 0.746 bits per heavy atom. The fraction of sp³-hybridized carbons (Fsp3) is 0.568. The molecule has 2 aliphatic rings. The maximum absolute atomic E-state index is 13.1. The Labute approximate surface area is 389 Å². The number of carbonyl (C=O) groups excluding carboxylic acids is 5. The van der Waals surface area contributed by atoms with Gasteiger partial charge in [0.05, 0.1) is 31.5 Å². The molecule has 2 aromatic rings. The van der Waals surface area contributed by atoms with E-state index in [2.05, 4.69) is 41.3 Å². The number of alkyl carbamates (subject to hydrolysis) is 2. The molecular weight excluding hydrogens is 913 g/mol. The van der Waals surface area contributed by atoms with Crippen LogP contribution in [0.2, 0.25) is 0 Å². The van der Waals surface area contributed by atoms with Crippen LogP contribution in [0, 0.1) is 0 Å². The van der Waals surface area contributed by atoms with E-state index in [1.807, 2.05) is 94.9 Å². The molecule has 4 rings (SSSR count). The predicted molar refractivity (Wildman–Crippen MR) is 258 cm³/mol. The summed E-state index contributed by atoms with van der Waals surface area (Å²) in [6, 6.07) is 3.81. The fourth-order valence-electron chi connectivity index (χ4n) is 5.87. The van der Waals surface area contributed by atoms with Crippen molar-refractivity contribution in [2.24, 2.45) is 21.5 Å². The number of esters is 1. The Hall–Kier alpha value is -4.75. The first-order chi connectivity index (χ1) is 29.5. The summed E-state index contributed by atoms with van der Waals surface area (Å²) in [7, 11) is 0. The number of ether oxygens (including phenoxy) is 3. The normalized spacial score (nSPS) is 13.1. The van der Waals surface area contributed by atoms with E-state index in [-0.39, 0.29) is 17.8 Å². The average Bonchev–Trinajstić information content (AvgIpc) is 3.65. The number of nitrogens with two attached hydrogens (primary N) is 2. The van der Waals surface area contributed by atoms with Crippen LogP contribution in [0.25, 0.3) is 12.2 Å². The van der Waals surface area contributed by atoms with Gasteiger partial charge in [0.15, 0.2) is 0 Å². The van der Waals surface area contributed by atoms with E-state index in [4.69, 9.17) is 20.9 Å². The van der Waals surface area contributed by atoms with E-state index in [0.29, 0.717) is 94.4 Å². The molecule has 0 aliphatic carbocycles. The van der Waals surface area contributed by atoms with Crippen molar-refractivity contribution in [2.75, 3.05) is 45.9 Å². The van der Waals surface area contributed by atoms with Gasteiger partial charge in [-0.25, -0.2) is 19.6 Å². The lowest BCUT2D eigenvalue weighted by Crippen LogP contribution is -2.37. The summed E-state index contributed by atoms with van der Waals surface area (Å²) in [5.74, 6) is 0.590. The summed E-state index contributed by atoms with van der Waals surface area (Å²) in [5, 5.41) is 7.40. The standard InChI is InChI=1S/C20H29BrN4O3S.C20H30N4O3S.C4H8O2/c1-5-8-25(9-6-7-23-19(27)28-20(2,3)4)18(26)13-10-15-14(12-16(21)29-15)24-17(22)11-13;1-5-9-24(10-6-8-22-19(26)27-20(2,3)4)18(25)14-12-16-15(7-11-28-16)23-17(21)13-14;1-3-6-4(2)5/h10,12H,5-9,11H2,1-4H3,(H2,22,24)(H,23,27);7,11-12H,5-6,8-10,13H2,1-4H3,(H2,21,23)(H,22,26);3H2,1-2H3. The molecule has 0 radical (unpaired) electrons. The van der Waals surface area contributed by atoms with Gasteiger partial charge in [0.25, 0.3) is 0 Å². The highest BCUT2D eigenvalue weighted by molar-refractivity contribution is 9.11. The summed E-state index contributed by atoms with van der Waals surface area (Å²) in [5.41, 5.74) is 13.9. The lowest BCUT2D eigenvalue weighted by atomic mass is 10.1. The molecule has 0 unspecified atom stereocenters. The van der Waals surface area contributed by atoms with Gasteiger partial charge < -0.3 is 46.1 Å². The van der Waals surface area contributed by atoms with Gasteiger partial charge in [-0.2, -0.15) is 0 Å². The molecule has 0 saturated heterocycles. The smallest absolute Gasteiger partial charge is 0.407 e. The number of thiophene rings is 2. The molecule has 0 aromatic carbocycles. The number of aliphatic imine (C=N–C) groups is 2. The van der Waals surface area contributed by atoms with E-state index in [0.717, 1.165) is 37.8 Å². The van der Waals surface area contributed by atoms with Crippen LogP contribution in [0.5, 0.6) is 0 Å². The van der Waals surface area contributed by atoms with Gasteiger partial charge in [-0.15, -0.1) is 22.7 Å². The van der Waals surface area contributed by atoms with Gasteiger partial charge in [-0.05, 0) is 120 Å². The van der Waals surface area contributed by atoms with Crippen molar-refractivity contribution in [3.8, 4) is 0 Å². The maximum Gasteiger partial charge on any atom is 0.407 e. The highest BCUT2D eigenvalue weighted by Gasteiger charge is 2.24. The molecule has 2 aromatic heterocycles. The van der Waals surface area contributed by atoms with E-state index in [9.17, 15) is 24.0 Å². The number of carbonyl (C=O) groups is 5. The van der Waals surface area contributed by atoms with Crippen LogP contribution in [0.3, 0.4) is 0 Å². The third-order valence-electron chi connectivity index (χ3n) is 8.27. The lowest BCUT2D eigenvalue weighted by Gasteiger charge is -2.24. The van der Waals surface area contributed by atoms with Gasteiger partial charge in [-0.1, -0.05) is 13.8 Å². The molecule has 4 heterocycles. The van der Waals surface area contributed by atoms with E-state index >= 15 is 0 Å². The lowest BCUT2D eigenvalue weighted by molar-refractivity contribution is -0.140. The monoisotopic (exact) mass is 978 g/mol. The summed E-state index contributed by atoms with van der Waals surface area (Å²) < 4.78 is 15.8. The molecule has 0 atom stereocenters. The number of amides is 4. The minimum absolute atomic E-state index is 0.0291. The molecule has 0 saturated carbocycles. The van der Waals surface area contributed by atoms with Gasteiger partial charge >= 0.3 is 18.2 Å². The SMILES string of the molecule is CCCN(CCCNC(=O)OC(C)(C)C)C(=O)C1=Cc2sc(Br)cc2N=C(N)C1.CCCN(CCCNC(=O)OC(C)(C)C)C(=O)C1=Cc2sccc2N=C(N)C1.CCOC(C)=O. The van der Waals surface area contributed by atoms with Crippen molar-refractivity contribution in [1.82, 2.24) is 20.4 Å². The number of fused-ring (bicyclic) bond motifs is 2. The van der Waals surface area contributed by atoms with Gasteiger partial charge in [0.1, 0.15) is 22.9 Å². The Balaban J connectivity index is 0.000000384. The highest BCUT2D eigenvalue weighted by Crippen LogP contribution is 2.37. The first-order valence-corrected chi connectivity index (χ1v) is 23.6. The van der Waals surface area contributed by atoms with Gasteiger partial charge in [0.2, 0.25) is 11.8 Å². The molecule has 350 valence electrons. The number of hydrogen-bond donors (Lipinski definition) is 4. The largest absolute Gasteiger partial charge is 0.466 e. The summed E-state index contributed by atoms with van der Waals surface area (Å²) >= 11 is 6.53. The number of rotatable bonds is 15. The molecular formula is C44H67BrN8O8S2. The Morgan fingerprint density at radius 2 is 1.21 bits per heavy atom. The molecule has 0 spiro atoms. The molecule has 4 amide bonds. The van der Waals surface area contributed by atoms with Crippen LogP contribution in [0.1, 0.15) is 118 Å². The van der Waals surface area contributed by atoms with Crippen LogP contribution in [-0.2, 0) is 28.6 Å². The number of nitrogens with one attached hydrogen (secondary N) is 2. The number of hydrogen-bond acceptors (Lipinski definition) is 14. The third-order valence-corrected chi connectivity index (χ3v) is 10.7. The van der Waals surface area contributed by atoms with Crippen LogP contribution in [0.4, 0.5) is 21.0 Å². The minimum Gasteiger partial charge on any atom is -0.466 e. The molecule has 16 nitrogen and oxygen atoms in total. The maximum atomic E-state index is 13.1. The van der Waals surface area contributed by atoms with Crippen molar-refractivity contribution in [2.45, 2.75) is 119 Å². The van der Waals surface area contributed by atoms with Gasteiger partial charge in [0, 0.05) is 70.2 Å². The quantitative estimate of drug-likeness (QED) is 0.0756. The van der Waals surface area contributed by atoms with E-state index in [1.54, 1.807) is 18.3 Å². The van der Waals surface area contributed by atoms with E-state index in [1.165, 1.54) is 18.3 Å². The first-order valence-electron chi connectivity index (χ1n) is 21.1. The molecule has 19 heteroatoms. The Morgan fingerprint density at radius 3 is 1.62 bits per heavy atom. The second kappa shape index (κ2) is 26.8. The van der Waals surface area contributed by atoms with E-state index < -0.39 is 23.4 Å². The Bertz CT molecular complexity index is 1980. The van der Waals surface area contributed by atoms with Crippen molar-refractivity contribution in [3.63, 3.8) is 0 Å². The number of amidine groups is 2. The zero-order chi connectivity index (χ0) is 47.3. The van der Waals surface area contributed by atoms with Crippen LogP contribution in [-0.4, -0.2) is 109 Å². The summed E-state index contributed by atoms with van der Waals surface area (Å²) in [6.45, 7) is 21.9. The van der Waals surface area contributed by atoms with Crippen molar-refractivity contribution < 1.29 is 38.2 Å². The van der Waals surface area contributed by atoms with Crippen molar-refractivity contribution in [1.29, 1.82) is 0 Å². The topological polar surface area (TPSA) is 220 Å². The van der Waals surface area contributed by atoms with Crippen molar-refractivity contribution in [3.05, 3.63) is 42.2 Å². The van der Waals surface area contributed by atoms with Crippen LogP contribution < -0.4 is 22.1 Å². The molecule has 2 aliphatic heterocycles.